The zero-order chi connectivity index (χ0) is 15.1. The van der Waals surface area contributed by atoms with Gasteiger partial charge in [0.25, 0.3) is 0 Å². The number of allylic oxidation sites excluding steroid dienone is 3. The van der Waals surface area contributed by atoms with Gasteiger partial charge in [-0.1, -0.05) is 36.4 Å². The Labute approximate surface area is 124 Å². The van der Waals surface area contributed by atoms with Gasteiger partial charge < -0.3 is 4.74 Å². The Balaban J connectivity index is 2.01. The number of carbonyl (C=O) groups excluding carboxylic acids is 1. The molecule has 0 spiro atoms. The molecule has 0 atom stereocenters. The third kappa shape index (κ3) is 3.92. The third-order valence-corrected chi connectivity index (χ3v) is 3.02. The van der Waals surface area contributed by atoms with E-state index in [-0.39, 0.29) is 5.78 Å². The molecule has 0 fully saturated rings. The molecule has 1 heterocycles. The van der Waals surface area contributed by atoms with Crippen LogP contribution in [-0.2, 0) is 6.54 Å². The van der Waals surface area contributed by atoms with Gasteiger partial charge in [-0.3, -0.25) is 9.48 Å². The van der Waals surface area contributed by atoms with Crippen LogP contribution in [0.1, 0.15) is 22.8 Å². The molecule has 4 heteroatoms. The summed E-state index contributed by atoms with van der Waals surface area (Å²) in [5.41, 5.74) is 1.56. The van der Waals surface area contributed by atoms with Crippen molar-refractivity contribution in [1.82, 2.24) is 9.78 Å². The fourth-order valence-corrected chi connectivity index (χ4v) is 1.87. The highest BCUT2D eigenvalue weighted by molar-refractivity contribution is 6.04. The van der Waals surface area contributed by atoms with Crippen LogP contribution < -0.4 is 4.74 Å². The largest absolute Gasteiger partial charge is 0.496 e. The van der Waals surface area contributed by atoms with Crippen LogP contribution in [0.15, 0.2) is 54.9 Å². The topological polar surface area (TPSA) is 44.1 Å². The summed E-state index contributed by atoms with van der Waals surface area (Å²) < 4.78 is 6.98. The van der Waals surface area contributed by atoms with E-state index in [9.17, 15) is 4.79 Å². The quantitative estimate of drug-likeness (QED) is 0.463. The van der Waals surface area contributed by atoms with E-state index in [1.807, 2.05) is 43.3 Å². The molecule has 108 valence electrons. The van der Waals surface area contributed by atoms with Crippen molar-refractivity contribution in [3.05, 3.63) is 66.0 Å². The number of hydrogen-bond donors (Lipinski definition) is 0. The Kier molecular flexibility index (Phi) is 5.10. The predicted octanol–water partition coefficient (Wildman–Crippen LogP) is 3.36. The summed E-state index contributed by atoms with van der Waals surface area (Å²) in [6.07, 6.45) is 10.3. The molecule has 0 N–H and O–H groups in total. The van der Waals surface area contributed by atoms with Crippen LogP contribution in [0.4, 0.5) is 0 Å². The summed E-state index contributed by atoms with van der Waals surface area (Å²) in [5.74, 6) is 0.747. The minimum Gasteiger partial charge on any atom is -0.496 e. The van der Waals surface area contributed by atoms with Crippen LogP contribution in [0.5, 0.6) is 5.75 Å². The molecule has 0 aliphatic heterocycles. The number of carbonyl (C=O) groups is 1. The first-order valence-electron chi connectivity index (χ1n) is 6.79. The van der Waals surface area contributed by atoms with E-state index in [2.05, 4.69) is 5.10 Å². The molecule has 1 aromatic heterocycles. The molecule has 0 aliphatic carbocycles. The second-order valence-corrected chi connectivity index (χ2v) is 4.41. The van der Waals surface area contributed by atoms with Crippen LogP contribution >= 0.6 is 0 Å². The number of para-hydroxylation sites is 1. The summed E-state index contributed by atoms with van der Waals surface area (Å²) in [4.78, 5) is 11.9. The van der Waals surface area contributed by atoms with Gasteiger partial charge in [0.15, 0.2) is 5.78 Å². The molecule has 0 saturated carbocycles. The van der Waals surface area contributed by atoms with Gasteiger partial charge >= 0.3 is 0 Å². The molecular weight excluding hydrogens is 264 g/mol. The number of nitrogens with zero attached hydrogens (tertiary/aromatic N) is 2. The lowest BCUT2D eigenvalue weighted by molar-refractivity contribution is 0.104. The van der Waals surface area contributed by atoms with Gasteiger partial charge in [-0.15, -0.1) is 0 Å². The summed E-state index contributed by atoms with van der Waals surface area (Å²) in [5, 5.41) is 4.08. The number of benzene rings is 1. The lowest BCUT2D eigenvalue weighted by atomic mass is 10.1. The SMILES string of the molecule is CCn1cc(C(=O)/C=C/C=C/c2ccccc2OC)cn1. The second kappa shape index (κ2) is 7.24. The lowest BCUT2D eigenvalue weighted by Crippen LogP contribution is -1.94. The van der Waals surface area contributed by atoms with Gasteiger partial charge in [-0.25, -0.2) is 0 Å². The van der Waals surface area contributed by atoms with E-state index < -0.39 is 0 Å². The van der Waals surface area contributed by atoms with E-state index >= 15 is 0 Å². The minimum atomic E-state index is -0.0561. The number of hydrogen-bond acceptors (Lipinski definition) is 3. The average Bonchev–Trinajstić information content (AvgIpc) is 3.01. The Bertz CT molecular complexity index is 669. The molecule has 0 aliphatic rings. The Morgan fingerprint density at radius 1 is 1.33 bits per heavy atom. The molecule has 0 bridgehead atoms. The van der Waals surface area contributed by atoms with Crippen LogP contribution in [0.2, 0.25) is 0 Å². The maximum absolute atomic E-state index is 11.9. The molecule has 21 heavy (non-hydrogen) atoms. The van der Waals surface area contributed by atoms with Crippen LogP contribution in [0.25, 0.3) is 6.08 Å². The van der Waals surface area contributed by atoms with Crippen LogP contribution in [0, 0.1) is 0 Å². The zero-order valence-corrected chi connectivity index (χ0v) is 12.2. The normalized spacial score (nSPS) is 11.3. The van der Waals surface area contributed by atoms with Crippen molar-refractivity contribution in [2.75, 3.05) is 7.11 Å². The number of aryl methyl sites for hydroxylation is 1. The number of methoxy groups -OCH3 is 1. The second-order valence-electron chi connectivity index (χ2n) is 4.41. The Hall–Kier alpha value is -2.62. The first kappa shape index (κ1) is 14.8. The minimum absolute atomic E-state index is 0.0561. The highest BCUT2D eigenvalue weighted by Gasteiger charge is 2.03. The van der Waals surface area contributed by atoms with Crippen LogP contribution in [0.3, 0.4) is 0 Å². The molecule has 0 unspecified atom stereocenters. The first-order chi connectivity index (χ1) is 10.2. The number of aromatic nitrogens is 2. The van der Waals surface area contributed by atoms with Crippen molar-refractivity contribution < 1.29 is 9.53 Å². The van der Waals surface area contributed by atoms with E-state index in [0.717, 1.165) is 17.9 Å². The molecule has 1 aromatic carbocycles. The predicted molar refractivity (Wildman–Crippen MR) is 83.4 cm³/mol. The van der Waals surface area contributed by atoms with Gasteiger partial charge in [-0.05, 0) is 19.1 Å². The van der Waals surface area contributed by atoms with Crippen molar-refractivity contribution in [3.8, 4) is 5.75 Å². The zero-order valence-electron chi connectivity index (χ0n) is 12.2. The van der Waals surface area contributed by atoms with Gasteiger partial charge in [-0.2, -0.15) is 5.10 Å². The van der Waals surface area contributed by atoms with Gasteiger partial charge in [0.2, 0.25) is 0 Å². The van der Waals surface area contributed by atoms with Crippen molar-refractivity contribution in [3.63, 3.8) is 0 Å². The van der Waals surface area contributed by atoms with Gasteiger partial charge in [0.05, 0.1) is 18.9 Å². The van der Waals surface area contributed by atoms with Crippen molar-refractivity contribution in [2.24, 2.45) is 0 Å². The highest BCUT2D eigenvalue weighted by Crippen LogP contribution is 2.18. The van der Waals surface area contributed by atoms with Crippen molar-refractivity contribution in [2.45, 2.75) is 13.5 Å². The van der Waals surface area contributed by atoms with Gasteiger partial charge in [0.1, 0.15) is 5.75 Å². The van der Waals surface area contributed by atoms with Gasteiger partial charge in [0, 0.05) is 18.3 Å². The van der Waals surface area contributed by atoms with Crippen molar-refractivity contribution >= 4 is 11.9 Å². The monoisotopic (exact) mass is 282 g/mol. The fraction of sp³-hybridized carbons (Fsp3) is 0.176. The molecule has 0 radical (unpaired) electrons. The molecular formula is C17H18N2O2. The standard InChI is InChI=1S/C17H18N2O2/c1-3-19-13-15(12-18-19)16(20)10-6-4-8-14-9-5-7-11-17(14)21-2/h4-13H,3H2,1-2H3/b8-4+,10-6+. The highest BCUT2D eigenvalue weighted by atomic mass is 16.5. The lowest BCUT2D eigenvalue weighted by Gasteiger charge is -2.02. The molecule has 0 amide bonds. The third-order valence-electron chi connectivity index (χ3n) is 3.02. The van der Waals surface area contributed by atoms with E-state index in [1.54, 1.807) is 30.3 Å². The number of ether oxygens (including phenoxy) is 1. The van der Waals surface area contributed by atoms with E-state index in [1.165, 1.54) is 6.08 Å². The number of ketones is 1. The van der Waals surface area contributed by atoms with Crippen molar-refractivity contribution in [1.29, 1.82) is 0 Å². The Morgan fingerprint density at radius 3 is 2.86 bits per heavy atom. The van der Waals surface area contributed by atoms with E-state index in [4.69, 9.17) is 4.74 Å². The molecule has 2 aromatic rings. The maximum atomic E-state index is 11.9. The summed E-state index contributed by atoms with van der Waals surface area (Å²) >= 11 is 0. The van der Waals surface area contributed by atoms with Crippen LogP contribution in [-0.4, -0.2) is 22.7 Å². The molecule has 0 saturated heterocycles. The fourth-order valence-electron chi connectivity index (χ4n) is 1.87. The first-order valence-corrected chi connectivity index (χ1v) is 6.79. The smallest absolute Gasteiger partial charge is 0.188 e. The Morgan fingerprint density at radius 2 is 2.14 bits per heavy atom. The molecule has 2 rings (SSSR count). The maximum Gasteiger partial charge on any atom is 0.188 e. The summed E-state index contributed by atoms with van der Waals surface area (Å²) in [6, 6.07) is 7.71. The average molecular weight is 282 g/mol. The summed E-state index contributed by atoms with van der Waals surface area (Å²) in [6.45, 7) is 2.73. The van der Waals surface area contributed by atoms with E-state index in [0.29, 0.717) is 5.56 Å². The summed E-state index contributed by atoms with van der Waals surface area (Å²) in [7, 11) is 1.64. The molecule has 4 nitrogen and oxygen atoms in total. The number of rotatable bonds is 6.